The highest BCUT2D eigenvalue weighted by atomic mass is 16.5. The SMILES string of the molecule is CC(C)Cc1nc(CN(C)c2nc(-c3cccnc3)nc3c2cnn3C)no1. The highest BCUT2D eigenvalue weighted by molar-refractivity contribution is 5.88. The van der Waals surface area contributed by atoms with E-state index in [0.29, 0.717) is 30.0 Å². The minimum absolute atomic E-state index is 0.463. The number of rotatable bonds is 6. The van der Waals surface area contributed by atoms with Gasteiger partial charge in [0.2, 0.25) is 5.89 Å². The molecule has 0 amide bonds. The van der Waals surface area contributed by atoms with Crippen LogP contribution in [-0.2, 0) is 20.0 Å². The first-order valence-corrected chi connectivity index (χ1v) is 9.14. The molecule has 0 aliphatic rings. The highest BCUT2D eigenvalue weighted by Crippen LogP contribution is 2.27. The number of aromatic nitrogens is 7. The molecule has 0 spiro atoms. The van der Waals surface area contributed by atoms with Crippen LogP contribution < -0.4 is 4.90 Å². The lowest BCUT2D eigenvalue weighted by atomic mass is 10.1. The minimum atomic E-state index is 0.463. The van der Waals surface area contributed by atoms with E-state index in [2.05, 4.69) is 39.1 Å². The Balaban J connectivity index is 1.69. The van der Waals surface area contributed by atoms with Gasteiger partial charge < -0.3 is 9.42 Å². The van der Waals surface area contributed by atoms with E-state index in [0.717, 1.165) is 28.8 Å². The molecule has 0 aliphatic heterocycles. The molecule has 0 N–H and O–H groups in total. The van der Waals surface area contributed by atoms with Gasteiger partial charge in [0.15, 0.2) is 17.3 Å². The van der Waals surface area contributed by atoms with Crippen LogP contribution in [0.1, 0.15) is 25.6 Å². The van der Waals surface area contributed by atoms with E-state index in [4.69, 9.17) is 9.51 Å². The van der Waals surface area contributed by atoms with Gasteiger partial charge in [-0.15, -0.1) is 0 Å². The molecule has 0 radical (unpaired) electrons. The molecule has 4 aromatic heterocycles. The number of fused-ring (bicyclic) bond motifs is 1. The Labute approximate surface area is 162 Å². The summed E-state index contributed by atoms with van der Waals surface area (Å²) in [4.78, 5) is 20.1. The van der Waals surface area contributed by atoms with Crippen LogP contribution in [0.4, 0.5) is 5.82 Å². The molecule has 9 nitrogen and oxygen atoms in total. The molecule has 0 saturated heterocycles. The molecule has 0 saturated carbocycles. The van der Waals surface area contributed by atoms with E-state index in [1.165, 1.54) is 0 Å². The zero-order chi connectivity index (χ0) is 19.7. The van der Waals surface area contributed by atoms with E-state index >= 15 is 0 Å². The van der Waals surface area contributed by atoms with Gasteiger partial charge in [0.1, 0.15) is 5.82 Å². The fraction of sp³-hybridized carbons (Fsp3) is 0.368. The maximum absolute atomic E-state index is 5.35. The van der Waals surface area contributed by atoms with Crippen molar-refractivity contribution >= 4 is 16.9 Å². The molecule has 9 heteroatoms. The van der Waals surface area contributed by atoms with Gasteiger partial charge in [-0.25, -0.2) is 9.97 Å². The van der Waals surface area contributed by atoms with Crippen molar-refractivity contribution in [2.24, 2.45) is 13.0 Å². The molecule has 0 aliphatic carbocycles. The molecule has 28 heavy (non-hydrogen) atoms. The van der Waals surface area contributed by atoms with E-state index in [-0.39, 0.29) is 0 Å². The summed E-state index contributed by atoms with van der Waals surface area (Å²) in [5, 5.41) is 9.30. The summed E-state index contributed by atoms with van der Waals surface area (Å²) >= 11 is 0. The van der Waals surface area contributed by atoms with Crippen molar-refractivity contribution in [3.05, 3.63) is 42.4 Å². The number of anilines is 1. The third-order valence-corrected chi connectivity index (χ3v) is 4.32. The molecule has 0 aromatic carbocycles. The van der Waals surface area contributed by atoms with Gasteiger partial charge in [-0.05, 0) is 18.1 Å². The number of pyridine rings is 1. The Morgan fingerprint density at radius 2 is 2.04 bits per heavy atom. The smallest absolute Gasteiger partial charge is 0.226 e. The lowest BCUT2D eigenvalue weighted by Gasteiger charge is -2.17. The predicted molar refractivity (Wildman–Crippen MR) is 104 cm³/mol. The molecular formula is C19H22N8O. The Hall–Kier alpha value is -3.36. The Kier molecular flexibility index (Phi) is 4.72. The minimum Gasteiger partial charge on any atom is -0.351 e. The van der Waals surface area contributed by atoms with Gasteiger partial charge in [0, 0.05) is 38.5 Å². The zero-order valence-electron chi connectivity index (χ0n) is 16.4. The molecule has 4 aromatic rings. The average Bonchev–Trinajstić information content (AvgIpc) is 3.27. The summed E-state index contributed by atoms with van der Waals surface area (Å²) in [6.45, 7) is 4.71. The Morgan fingerprint density at radius 1 is 1.18 bits per heavy atom. The van der Waals surface area contributed by atoms with Crippen molar-refractivity contribution in [3.63, 3.8) is 0 Å². The van der Waals surface area contributed by atoms with E-state index in [1.807, 2.05) is 31.1 Å². The van der Waals surface area contributed by atoms with Gasteiger partial charge >= 0.3 is 0 Å². The second kappa shape index (κ2) is 7.34. The van der Waals surface area contributed by atoms with Crippen LogP contribution in [0.5, 0.6) is 0 Å². The quantitative estimate of drug-likeness (QED) is 0.505. The number of hydrogen-bond donors (Lipinski definition) is 0. The van der Waals surface area contributed by atoms with Crippen LogP contribution in [-0.4, -0.2) is 41.9 Å². The van der Waals surface area contributed by atoms with Gasteiger partial charge in [-0.3, -0.25) is 9.67 Å². The summed E-state index contributed by atoms with van der Waals surface area (Å²) in [7, 11) is 3.81. The van der Waals surface area contributed by atoms with Crippen LogP contribution in [0.3, 0.4) is 0 Å². The van der Waals surface area contributed by atoms with Crippen LogP contribution in [0.2, 0.25) is 0 Å². The molecular weight excluding hydrogens is 356 g/mol. The monoisotopic (exact) mass is 378 g/mol. The van der Waals surface area contributed by atoms with Crippen molar-refractivity contribution < 1.29 is 4.52 Å². The standard InChI is InChI=1S/C19H22N8O/c1-12(2)8-16-22-15(25-28-16)11-26(3)18-14-10-21-27(4)19(14)24-17(23-18)13-6-5-7-20-9-13/h5-7,9-10,12H,8,11H2,1-4H3. The average molecular weight is 378 g/mol. The summed E-state index contributed by atoms with van der Waals surface area (Å²) in [5.74, 6) is 3.09. The normalized spacial score (nSPS) is 11.5. The molecule has 0 fully saturated rings. The second-order valence-electron chi connectivity index (χ2n) is 7.18. The van der Waals surface area contributed by atoms with E-state index in [9.17, 15) is 0 Å². The summed E-state index contributed by atoms with van der Waals surface area (Å²) in [6, 6.07) is 3.80. The van der Waals surface area contributed by atoms with Gasteiger partial charge in [0.05, 0.1) is 18.1 Å². The molecule has 0 atom stereocenters. The summed E-state index contributed by atoms with van der Waals surface area (Å²) < 4.78 is 7.09. The fourth-order valence-electron chi connectivity index (χ4n) is 3.00. The van der Waals surface area contributed by atoms with E-state index in [1.54, 1.807) is 23.3 Å². The number of nitrogens with zero attached hydrogens (tertiary/aromatic N) is 8. The predicted octanol–water partition coefficient (Wildman–Crippen LogP) is 2.64. The highest BCUT2D eigenvalue weighted by Gasteiger charge is 2.18. The van der Waals surface area contributed by atoms with Crippen molar-refractivity contribution in [2.75, 3.05) is 11.9 Å². The van der Waals surface area contributed by atoms with Crippen LogP contribution in [0.15, 0.2) is 35.2 Å². The molecule has 4 rings (SSSR count). The fourth-order valence-corrected chi connectivity index (χ4v) is 3.00. The molecule has 0 bridgehead atoms. The first-order chi connectivity index (χ1) is 13.5. The largest absolute Gasteiger partial charge is 0.351 e. The van der Waals surface area contributed by atoms with Crippen molar-refractivity contribution in [3.8, 4) is 11.4 Å². The van der Waals surface area contributed by atoms with Crippen molar-refractivity contribution in [1.29, 1.82) is 0 Å². The Bertz CT molecular complexity index is 1090. The third-order valence-electron chi connectivity index (χ3n) is 4.32. The topological polar surface area (TPSA) is 98.7 Å². The maximum atomic E-state index is 5.35. The first-order valence-electron chi connectivity index (χ1n) is 9.14. The number of hydrogen-bond acceptors (Lipinski definition) is 8. The van der Waals surface area contributed by atoms with Gasteiger partial charge in [0.25, 0.3) is 0 Å². The van der Waals surface area contributed by atoms with Crippen molar-refractivity contribution in [1.82, 2.24) is 34.9 Å². The Morgan fingerprint density at radius 3 is 2.79 bits per heavy atom. The van der Waals surface area contributed by atoms with E-state index < -0.39 is 0 Å². The lowest BCUT2D eigenvalue weighted by molar-refractivity contribution is 0.358. The van der Waals surface area contributed by atoms with Gasteiger partial charge in [-0.1, -0.05) is 19.0 Å². The molecule has 4 heterocycles. The zero-order valence-corrected chi connectivity index (χ0v) is 16.4. The van der Waals surface area contributed by atoms with Crippen LogP contribution in [0, 0.1) is 5.92 Å². The molecule has 0 unspecified atom stereocenters. The number of aryl methyl sites for hydroxylation is 1. The lowest BCUT2D eigenvalue weighted by Crippen LogP contribution is -2.19. The molecule has 144 valence electrons. The summed E-state index contributed by atoms with van der Waals surface area (Å²) in [5.41, 5.74) is 1.60. The maximum Gasteiger partial charge on any atom is 0.226 e. The first kappa shape index (κ1) is 18.0. The van der Waals surface area contributed by atoms with Crippen LogP contribution in [0.25, 0.3) is 22.4 Å². The summed E-state index contributed by atoms with van der Waals surface area (Å²) in [6.07, 6.45) is 6.01. The van der Waals surface area contributed by atoms with Crippen molar-refractivity contribution in [2.45, 2.75) is 26.8 Å². The third kappa shape index (κ3) is 3.55. The second-order valence-corrected chi connectivity index (χ2v) is 7.18. The van der Waals surface area contributed by atoms with Crippen LogP contribution >= 0.6 is 0 Å². The van der Waals surface area contributed by atoms with Gasteiger partial charge in [-0.2, -0.15) is 10.1 Å².